The Balaban J connectivity index is 1.45. The van der Waals surface area contributed by atoms with Gasteiger partial charge in [-0.2, -0.15) is 0 Å². The highest BCUT2D eigenvalue weighted by atomic mass is 32.1. The standard InChI is InChI=1S/C14H16N2O2S/c17-14(12-2-7-18-10-12)15-4-6-16-5-1-13-11(9-16)3-8-19-13/h2-3,7-8,10H,1,4-6,9H2,(H,15,17). The Morgan fingerprint density at radius 2 is 2.42 bits per heavy atom. The number of hydrogen-bond acceptors (Lipinski definition) is 4. The van der Waals surface area contributed by atoms with Crippen molar-refractivity contribution in [1.82, 2.24) is 10.2 Å². The number of carbonyl (C=O) groups is 1. The van der Waals surface area contributed by atoms with Gasteiger partial charge >= 0.3 is 0 Å². The molecule has 0 bridgehead atoms. The van der Waals surface area contributed by atoms with Crippen LogP contribution in [0.4, 0.5) is 0 Å². The summed E-state index contributed by atoms with van der Waals surface area (Å²) in [6.07, 6.45) is 4.11. The third-order valence-corrected chi connectivity index (χ3v) is 4.41. The van der Waals surface area contributed by atoms with Crippen LogP contribution >= 0.6 is 11.3 Å². The maximum Gasteiger partial charge on any atom is 0.254 e. The third kappa shape index (κ3) is 2.88. The molecule has 5 heteroatoms. The zero-order valence-electron chi connectivity index (χ0n) is 10.6. The molecule has 1 N–H and O–H groups in total. The van der Waals surface area contributed by atoms with Gasteiger partial charge < -0.3 is 9.73 Å². The van der Waals surface area contributed by atoms with Crippen LogP contribution in [-0.2, 0) is 13.0 Å². The van der Waals surface area contributed by atoms with Crippen molar-refractivity contribution in [2.75, 3.05) is 19.6 Å². The van der Waals surface area contributed by atoms with Crippen LogP contribution in [0.15, 0.2) is 34.5 Å². The summed E-state index contributed by atoms with van der Waals surface area (Å²) in [6.45, 7) is 3.64. The maximum absolute atomic E-state index is 11.7. The molecule has 1 amide bonds. The monoisotopic (exact) mass is 276 g/mol. The summed E-state index contributed by atoms with van der Waals surface area (Å²) in [6, 6.07) is 3.88. The van der Waals surface area contributed by atoms with E-state index in [2.05, 4.69) is 21.7 Å². The summed E-state index contributed by atoms with van der Waals surface area (Å²) >= 11 is 1.85. The number of hydrogen-bond donors (Lipinski definition) is 1. The molecule has 2 aromatic heterocycles. The second kappa shape index (κ2) is 5.59. The maximum atomic E-state index is 11.7. The van der Waals surface area contributed by atoms with Gasteiger partial charge in [0.05, 0.1) is 11.8 Å². The molecule has 0 unspecified atom stereocenters. The number of rotatable bonds is 4. The Kier molecular flexibility index (Phi) is 3.66. The van der Waals surface area contributed by atoms with Gasteiger partial charge in [-0.15, -0.1) is 11.3 Å². The Morgan fingerprint density at radius 1 is 1.47 bits per heavy atom. The summed E-state index contributed by atoms with van der Waals surface area (Å²) in [5.41, 5.74) is 2.02. The molecule has 0 saturated carbocycles. The number of nitrogens with zero attached hydrogens (tertiary/aromatic N) is 1. The first-order valence-electron chi connectivity index (χ1n) is 6.41. The Hall–Kier alpha value is -1.59. The molecule has 0 aliphatic carbocycles. The van der Waals surface area contributed by atoms with E-state index in [9.17, 15) is 4.79 Å². The highest BCUT2D eigenvalue weighted by Crippen LogP contribution is 2.23. The molecule has 0 atom stereocenters. The molecule has 3 heterocycles. The molecule has 0 aromatic carbocycles. The summed E-state index contributed by atoms with van der Waals surface area (Å²) in [7, 11) is 0. The van der Waals surface area contributed by atoms with Crippen molar-refractivity contribution >= 4 is 17.2 Å². The molecule has 100 valence electrons. The van der Waals surface area contributed by atoms with E-state index in [4.69, 9.17) is 4.42 Å². The third-order valence-electron chi connectivity index (χ3n) is 3.38. The minimum absolute atomic E-state index is 0.0676. The summed E-state index contributed by atoms with van der Waals surface area (Å²) in [5, 5.41) is 5.07. The minimum atomic E-state index is -0.0676. The number of furan rings is 1. The molecular weight excluding hydrogens is 260 g/mol. The summed E-state index contributed by atoms with van der Waals surface area (Å²) in [4.78, 5) is 15.6. The van der Waals surface area contributed by atoms with Crippen LogP contribution in [0, 0.1) is 0 Å². The highest BCUT2D eigenvalue weighted by molar-refractivity contribution is 7.10. The lowest BCUT2D eigenvalue weighted by Gasteiger charge is -2.26. The van der Waals surface area contributed by atoms with Crippen molar-refractivity contribution in [1.29, 1.82) is 0 Å². The van der Waals surface area contributed by atoms with Crippen molar-refractivity contribution in [2.24, 2.45) is 0 Å². The van der Waals surface area contributed by atoms with Crippen LogP contribution in [-0.4, -0.2) is 30.4 Å². The predicted molar refractivity (Wildman–Crippen MR) is 74.3 cm³/mol. The lowest BCUT2D eigenvalue weighted by molar-refractivity contribution is 0.0946. The largest absolute Gasteiger partial charge is 0.472 e. The van der Waals surface area contributed by atoms with Crippen LogP contribution in [0.25, 0.3) is 0 Å². The van der Waals surface area contributed by atoms with Crippen LogP contribution in [0.1, 0.15) is 20.8 Å². The van der Waals surface area contributed by atoms with Gasteiger partial charge in [0.1, 0.15) is 6.26 Å². The van der Waals surface area contributed by atoms with Crippen LogP contribution < -0.4 is 5.32 Å². The molecule has 0 fully saturated rings. The van der Waals surface area contributed by atoms with Gasteiger partial charge in [-0.25, -0.2) is 0 Å². The molecule has 19 heavy (non-hydrogen) atoms. The topological polar surface area (TPSA) is 45.5 Å². The number of amides is 1. The first kappa shape index (κ1) is 12.4. The van der Waals surface area contributed by atoms with Gasteiger partial charge in [0.15, 0.2) is 0 Å². The second-order valence-electron chi connectivity index (χ2n) is 4.66. The van der Waals surface area contributed by atoms with E-state index in [0.29, 0.717) is 12.1 Å². The van der Waals surface area contributed by atoms with Crippen molar-refractivity contribution in [2.45, 2.75) is 13.0 Å². The predicted octanol–water partition coefficient (Wildman–Crippen LogP) is 2.13. The highest BCUT2D eigenvalue weighted by Gasteiger charge is 2.16. The number of thiophene rings is 1. The average Bonchev–Trinajstić information content (AvgIpc) is 3.09. The first-order chi connectivity index (χ1) is 9.33. The van der Waals surface area contributed by atoms with Gasteiger partial charge in [-0.1, -0.05) is 0 Å². The Bertz CT molecular complexity index is 548. The zero-order chi connectivity index (χ0) is 13.1. The zero-order valence-corrected chi connectivity index (χ0v) is 11.4. The van der Waals surface area contributed by atoms with E-state index in [1.807, 2.05) is 11.3 Å². The quantitative estimate of drug-likeness (QED) is 0.930. The van der Waals surface area contributed by atoms with Gasteiger partial charge in [0, 0.05) is 31.1 Å². The van der Waals surface area contributed by atoms with Crippen LogP contribution in [0.2, 0.25) is 0 Å². The smallest absolute Gasteiger partial charge is 0.254 e. The summed E-state index contributed by atoms with van der Waals surface area (Å²) < 4.78 is 4.89. The molecule has 3 rings (SSSR count). The van der Waals surface area contributed by atoms with E-state index in [1.165, 1.54) is 23.0 Å². The molecule has 1 aliphatic heterocycles. The lowest BCUT2D eigenvalue weighted by Crippen LogP contribution is -2.37. The van der Waals surface area contributed by atoms with Gasteiger partial charge in [0.2, 0.25) is 0 Å². The van der Waals surface area contributed by atoms with Crippen LogP contribution in [0.5, 0.6) is 0 Å². The molecule has 1 aliphatic rings. The van der Waals surface area contributed by atoms with E-state index >= 15 is 0 Å². The molecule has 2 aromatic rings. The van der Waals surface area contributed by atoms with E-state index < -0.39 is 0 Å². The number of carbonyl (C=O) groups excluding carboxylic acids is 1. The van der Waals surface area contributed by atoms with E-state index in [0.717, 1.165) is 26.1 Å². The minimum Gasteiger partial charge on any atom is -0.472 e. The van der Waals surface area contributed by atoms with Crippen LogP contribution in [0.3, 0.4) is 0 Å². The van der Waals surface area contributed by atoms with E-state index in [-0.39, 0.29) is 5.91 Å². The van der Waals surface area contributed by atoms with Gasteiger partial charge in [-0.3, -0.25) is 9.69 Å². The molecule has 0 saturated heterocycles. The van der Waals surface area contributed by atoms with Crippen molar-refractivity contribution in [3.8, 4) is 0 Å². The summed E-state index contributed by atoms with van der Waals surface area (Å²) in [5.74, 6) is -0.0676. The van der Waals surface area contributed by atoms with E-state index in [1.54, 1.807) is 6.07 Å². The Morgan fingerprint density at radius 3 is 3.26 bits per heavy atom. The first-order valence-corrected chi connectivity index (χ1v) is 7.29. The van der Waals surface area contributed by atoms with Crippen molar-refractivity contribution in [3.05, 3.63) is 46.0 Å². The SMILES string of the molecule is O=C(NCCN1CCc2sccc2C1)c1ccoc1. The molecular formula is C14H16N2O2S. The Labute approximate surface area is 116 Å². The fraction of sp³-hybridized carbons (Fsp3) is 0.357. The molecule has 0 spiro atoms. The molecule has 4 nitrogen and oxygen atoms in total. The van der Waals surface area contributed by atoms with Crippen molar-refractivity contribution < 1.29 is 9.21 Å². The fourth-order valence-corrected chi connectivity index (χ4v) is 3.21. The molecule has 0 radical (unpaired) electrons. The lowest BCUT2D eigenvalue weighted by atomic mass is 10.1. The average molecular weight is 276 g/mol. The number of fused-ring (bicyclic) bond motifs is 1. The normalized spacial score (nSPS) is 15.2. The number of nitrogens with one attached hydrogen (secondary N) is 1. The fourth-order valence-electron chi connectivity index (χ4n) is 2.32. The second-order valence-corrected chi connectivity index (χ2v) is 5.66. The van der Waals surface area contributed by atoms with Crippen molar-refractivity contribution in [3.63, 3.8) is 0 Å². The van der Waals surface area contributed by atoms with Gasteiger partial charge in [-0.05, 0) is 29.5 Å². The van der Waals surface area contributed by atoms with Gasteiger partial charge in [0.25, 0.3) is 5.91 Å².